The first-order valence-electron chi connectivity index (χ1n) is 9.64. The van der Waals surface area contributed by atoms with E-state index in [4.69, 9.17) is 13.9 Å². The molecule has 4 rings (SSSR count). The van der Waals surface area contributed by atoms with Crippen LogP contribution in [-0.4, -0.2) is 78.2 Å². The van der Waals surface area contributed by atoms with Crippen LogP contribution in [0.25, 0.3) is 22.3 Å². The third kappa shape index (κ3) is 3.90. The molecule has 0 bridgehead atoms. The van der Waals surface area contributed by atoms with Crippen molar-refractivity contribution >= 4 is 11.0 Å². The van der Waals surface area contributed by atoms with Gasteiger partial charge in [-0.1, -0.05) is 0 Å². The molecule has 33 heavy (non-hydrogen) atoms. The number of aliphatic hydroxyl groups excluding tert-OH is 4. The summed E-state index contributed by atoms with van der Waals surface area (Å²) in [6, 6.07) is 5.36. The second kappa shape index (κ2) is 8.42. The van der Waals surface area contributed by atoms with Crippen LogP contribution in [0.2, 0.25) is 0 Å². The van der Waals surface area contributed by atoms with Crippen molar-refractivity contribution in [3.63, 3.8) is 0 Å². The SMILES string of the molecule is O=c1c(O[C@@H]2OC(CO)[C@H](O)C(O)C2O)c(-c2ccc(O)c(O)c2)oc2cc(O)cc(O)c12. The van der Waals surface area contributed by atoms with Crippen molar-refractivity contribution in [3.8, 4) is 40.1 Å². The van der Waals surface area contributed by atoms with E-state index >= 15 is 0 Å². The molecule has 176 valence electrons. The summed E-state index contributed by atoms with van der Waals surface area (Å²) in [6.07, 6.45) is -8.40. The molecule has 1 aliphatic heterocycles. The third-order valence-electron chi connectivity index (χ3n) is 5.24. The summed E-state index contributed by atoms with van der Waals surface area (Å²) in [4.78, 5) is 13.2. The summed E-state index contributed by atoms with van der Waals surface area (Å²) >= 11 is 0. The van der Waals surface area contributed by atoms with E-state index in [-0.39, 0.29) is 22.3 Å². The van der Waals surface area contributed by atoms with E-state index in [0.717, 1.165) is 24.3 Å². The van der Waals surface area contributed by atoms with Crippen LogP contribution in [0.1, 0.15) is 0 Å². The topological polar surface area (TPSA) is 211 Å². The molecule has 0 spiro atoms. The molecule has 0 saturated carbocycles. The van der Waals surface area contributed by atoms with Gasteiger partial charge in [0.1, 0.15) is 46.9 Å². The highest BCUT2D eigenvalue weighted by molar-refractivity contribution is 5.88. The average molecular weight is 464 g/mol. The zero-order chi connectivity index (χ0) is 24.0. The number of ether oxygens (including phenoxy) is 2. The largest absolute Gasteiger partial charge is 0.508 e. The minimum atomic E-state index is -1.85. The predicted molar refractivity (Wildman–Crippen MR) is 109 cm³/mol. The second-order valence-corrected chi connectivity index (χ2v) is 7.45. The van der Waals surface area contributed by atoms with Gasteiger partial charge in [-0.2, -0.15) is 0 Å². The highest BCUT2D eigenvalue weighted by Gasteiger charge is 2.45. The monoisotopic (exact) mass is 464 g/mol. The first kappa shape index (κ1) is 22.6. The summed E-state index contributed by atoms with van der Waals surface area (Å²) in [5, 5.41) is 78.7. The smallest absolute Gasteiger partial charge is 0.239 e. The van der Waals surface area contributed by atoms with E-state index in [9.17, 15) is 45.6 Å². The molecule has 1 aromatic heterocycles. The van der Waals surface area contributed by atoms with E-state index in [1.807, 2.05) is 0 Å². The van der Waals surface area contributed by atoms with Crippen molar-refractivity contribution < 1.29 is 54.7 Å². The second-order valence-electron chi connectivity index (χ2n) is 7.45. The number of hydrogen-bond acceptors (Lipinski definition) is 12. The molecular formula is C21H20O12. The van der Waals surface area contributed by atoms with Crippen molar-refractivity contribution in [2.45, 2.75) is 30.7 Å². The molecule has 5 atom stereocenters. The number of aromatic hydroxyl groups is 4. The van der Waals surface area contributed by atoms with Crippen LogP contribution in [0.15, 0.2) is 39.5 Å². The maximum absolute atomic E-state index is 13.2. The Hall–Kier alpha value is -3.55. The normalized spacial score (nSPS) is 25.3. The Balaban J connectivity index is 1.91. The van der Waals surface area contributed by atoms with Gasteiger partial charge in [0.15, 0.2) is 17.3 Å². The predicted octanol–water partition coefficient (Wildman–Crippen LogP) is -0.539. The highest BCUT2D eigenvalue weighted by atomic mass is 16.7. The Morgan fingerprint density at radius 2 is 1.61 bits per heavy atom. The third-order valence-corrected chi connectivity index (χ3v) is 5.24. The summed E-state index contributed by atoms with van der Waals surface area (Å²) in [6.45, 7) is -0.740. The number of aliphatic hydroxyl groups is 4. The molecule has 8 N–H and O–H groups in total. The van der Waals surface area contributed by atoms with Crippen molar-refractivity contribution in [2.24, 2.45) is 0 Å². The number of hydrogen-bond donors (Lipinski definition) is 8. The lowest BCUT2D eigenvalue weighted by Gasteiger charge is -2.39. The quantitative estimate of drug-likeness (QED) is 0.229. The van der Waals surface area contributed by atoms with Crippen LogP contribution in [-0.2, 0) is 4.74 Å². The highest BCUT2D eigenvalue weighted by Crippen LogP contribution is 2.39. The molecule has 12 nitrogen and oxygen atoms in total. The Kier molecular flexibility index (Phi) is 5.78. The van der Waals surface area contributed by atoms with Crippen LogP contribution >= 0.6 is 0 Å². The first-order chi connectivity index (χ1) is 15.6. The molecule has 1 aliphatic rings. The van der Waals surface area contributed by atoms with E-state index in [0.29, 0.717) is 0 Å². The molecule has 2 aromatic carbocycles. The summed E-state index contributed by atoms with van der Waals surface area (Å²) < 4.78 is 16.5. The van der Waals surface area contributed by atoms with Crippen LogP contribution in [0.4, 0.5) is 0 Å². The Morgan fingerprint density at radius 1 is 0.879 bits per heavy atom. The van der Waals surface area contributed by atoms with Crippen molar-refractivity contribution in [1.29, 1.82) is 0 Å². The van der Waals surface area contributed by atoms with Gasteiger partial charge < -0.3 is 54.7 Å². The van der Waals surface area contributed by atoms with Crippen LogP contribution < -0.4 is 10.2 Å². The fraction of sp³-hybridized carbons (Fsp3) is 0.286. The maximum Gasteiger partial charge on any atom is 0.239 e. The van der Waals surface area contributed by atoms with Crippen LogP contribution in [0, 0.1) is 0 Å². The fourth-order valence-corrected chi connectivity index (χ4v) is 3.51. The van der Waals surface area contributed by atoms with Gasteiger partial charge in [0.2, 0.25) is 17.5 Å². The van der Waals surface area contributed by atoms with Crippen LogP contribution in [0.5, 0.6) is 28.7 Å². The lowest BCUT2D eigenvalue weighted by molar-refractivity contribution is -0.277. The summed E-state index contributed by atoms with van der Waals surface area (Å²) in [7, 11) is 0. The summed E-state index contributed by atoms with van der Waals surface area (Å²) in [5.41, 5.74) is -1.19. The lowest BCUT2D eigenvalue weighted by Crippen LogP contribution is -2.60. The first-order valence-corrected chi connectivity index (χ1v) is 9.64. The number of benzene rings is 2. The van der Waals surface area contributed by atoms with Crippen molar-refractivity contribution in [1.82, 2.24) is 0 Å². The number of phenolic OH excluding ortho intramolecular Hbond substituents is 4. The maximum atomic E-state index is 13.2. The standard InChI is InChI=1S/C21H20O12/c22-6-13-15(27)17(29)18(30)21(32-13)33-20-16(28)14-11(26)4-8(23)5-12(14)31-19(20)7-1-2-9(24)10(25)3-7/h1-5,13,15,17-18,21-27,29-30H,6H2/t13?,15-,17?,18?,21-/m0/s1. The number of phenols is 4. The molecule has 0 aliphatic carbocycles. The molecular weight excluding hydrogens is 444 g/mol. The van der Waals surface area contributed by atoms with E-state index in [1.54, 1.807) is 0 Å². The molecule has 2 heterocycles. The Morgan fingerprint density at radius 3 is 2.27 bits per heavy atom. The Bertz CT molecular complexity index is 1250. The summed E-state index contributed by atoms with van der Waals surface area (Å²) in [5.74, 6) is -3.05. The van der Waals surface area contributed by atoms with Gasteiger partial charge in [0, 0.05) is 17.7 Å². The van der Waals surface area contributed by atoms with E-state index in [2.05, 4.69) is 0 Å². The molecule has 12 heteroatoms. The van der Waals surface area contributed by atoms with E-state index < -0.39 is 71.5 Å². The molecule has 3 unspecified atom stereocenters. The fourth-order valence-electron chi connectivity index (χ4n) is 3.51. The number of fused-ring (bicyclic) bond motifs is 1. The van der Waals surface area contributed by atoms with Crippen LogP contribution in [0.3, 0.4) is 0 Å². The van der Waals surface area contributed by atoms with Crippen molar-refractivity contribution in [2.75, 3.05) is 6.61 Å². The zero-order valence-corrected chi connectivity index (χ0v) is 16.7. The zero-order valence-electron chi connectivity index (χ0n) is 16.7. The Labute approximate surface area is 184 Å². The average Bonchev–Trinajstić information content (AvgIpc) is 2.76. The minimum absolute atomic E-state index is 0.0201. The molecule has 1 fully saturated rings. The molecule has 3 aromatic rings. The van der Waals surface area contributed by atoms with Gasteiger partial charge in [-0.3, -0.25) is 4.79 Å². The van der Waals surface area contributed by atoms with Gasteiger partial charge in [-0.05, 0) is 18.2 Å². The van der Waals surface area contributed by atoms with Crippen molar-refractivity contribution in [3.05, 3.63) is 40.6 Å². The van der Waals surface area contributed by atoms with Gasteiger partial charge in [0.25, 0.3) is 0 Å². The van der Waals surface area contributed by atoms with Gasteiger partial charge in [0.05, 0.1) is 6.61 Å². The van der Waals surface area contributed by atoms with Gasteiger partial charge >= 0.3 is 0 Å². The number of rotatable bonds is 4. The molecule has 1 saturated heterocycles. The molecule has 0 radical (unpaired) electrons. The minimum Gasteiger partial charge on any atom is -0.508 e. The molecule has 0 amide bonds. The lowest BCUT2D eigenvalue weighted by atomic mass is 9.99. The van der Waals surface area contributed by atoms with E-state index in [1.165, 1.54) is 6.07 Å². The van der Waals surface area contributed by atoms with Gasteiger partial charge in [-0.15, -0.1) is 0 Å². The van der Waals surface area contributed by atoms with Gasteiger partial charge in [-0.25, -0.2) is 0 Å².